The molecule has 2 N–H and O–H groups in total. The highest BCUT2D eigenvalue weighted by atomic mass is 35.5. The molecule has 8 heteroatoms. The second-order valence-corrected chi connectivity index (χ2v) is 4.44. The first-order valence-corrected chi connectivity index (χ1v) is 6.03. The zero-order chi connectivity index (χ0) is 14.5. The van der Waals surface area contributed by atoms with E-state index in [-0.39, 0.29) is 15.8 Å². The Bertz CT molecular complexity index is 454. The van der Waals surface area contributed by atoms with Crippen LogP contribution >= 0.6 is 23.8 Å². The van der Waals surface area contributed by atoms with Gasteiger partial charge in [0.05, 0.1) is 12.2 Å². The van der Waals surface area contributed by atoms with E-state index in [1.165, 1.54) is 13.2 Å². The van der Waals surface area contributed by atoms with E-state index in [0.717, 1.165) is 12.1 Å². The lowest BCUT2D eigenvalue weighted by molar-refractivity contribution is -0.137. The Balaban J connectivity index is 2.73. The SMILES string of the molecule is COCCNC(=S)Nc1cc(Cl)cc(C(F)(F)F)c1. The van der Waals surface area contributed by atoms with E-state index in [1.54, 1.807) is 0 Å². The van der Waals surface area contributed by atoms with Gasteiger partial charge < -0.3 is 15.4 Å². The quantitative estimate of drug-likeness (QED) is 0.660. The average molecular weight is 313 g/mol. The van der Waals surface area contributed by atoms with E-state index in [0.29, 0.717) is 13.2 Å². The number of ether oxygens (including phenoxy) is 1. The summed E-state index contributed by atoms with van der Waals surface area (Å²) in [5, 5.41) is 5.60. The number of hydrogen-bond donors (Lipinski definition) is 2. The van der Waals surface area contributed by atoms with Gasteiger partial charge in [-0.2, -0.15) is 13.2 Å². The van der Waals surface area contributed by atoms with E-state index in [4.69, 9.17) is 28.6 Å². The van der Waals surface area contributed by atoms with Crippen molar-refractivity contribution in [2.75, 3.05) is 25.6 Å². The third-order valence-corrected chi connectivity index (χ3v) is 2.54. The summed E-state index contributed by atoms with van der Waals surface area (Å²) in [5.41, 5.74) is -0.656. The minimum Gasteiger partial charge on any atom is -0.383 e. The molecule has 0 saturated heterocycles. The van der Waals surface area contributed by atoms with E-state index in [2.05, 4.69) is 10.6 Å². The number of anilines is 1. The highest BCUT2D eigenvalue weighted by molar-refractivity contribution is 7.80. The molecule has 0 fully saturated rings. The number of hydrogen-bond acceptors (Lipinski definition) is 2. The van der Waals surface area contributed by atoms with Crippen molar-refractivity contribution in [1.29, 1.82) is 0 Å². The first kappa shape index (κ1) is 16.0. The maximum atomic E-state index is 12.6. The van der Waals surface area contributed by atoms with Crippen molar-refractivity contribution in [2.24, 2.45) is 0 Å². The van der Waals surface area contributed by atoms with Gasteiger partial charge in [-0.15, -0.1) is 0 Å². The summed E-state index contributed by atoms with van der Waals surface area (Å²) in [6.45, 7) is 0.889. The summed E-state index contributed by atoms with van der Waals surface area (Å²) in [6, 6.07) is 3.16. The van der Waals surface area contributed by atoms with Crippen LogP contribution in [0.1, 0.15) is 5.56 Å². The summed E-state index contributed by atoms with van der Waals surface area (Å²) >= 11 is 10.6. The first-order valence-electron chi connectivity index (χ1n) is 5.24. The standard InChI is InChI=1S/C11H12ClF3N2OS/c1-18-3-2-16-10(19)17-9-5-7(11(13,14)15)4-8(12)6-9/h4-6H,2-3H2,1H3,(H2,16,17,19). The topological polar surface area (TPSA) is 33.3 Å². The average Bonchev–Trinajstić information content (AvgIpc) is 2.27. The Hall–Kier alpha value is -1.05. The van der Waals surface area contributed by atoms with Crippen molar-refractivity contribution >= 4 is 34.6 Å². The van der Waals surface area contributed by atoms with Gasteiger partial charge in [0, 0.05) is 24.4 Å². The summed E-state index contributed by atoms with van der Waals surface area (Å²) in [7, 11) is 1.53. The molecule has 0 amide bonds. The van der Waals surface area contributed by atoms with E-state index >= 15 is 0 Å². The largest absolute Gasteiger partial charge is 0.416 e. The number of rotatable bonds is 4. The second kappa shape index (κ2) is 6.93. The number of thiocarbonyl (C=S) groups is 1. The number of benzene rings is 1. The molecule has 1 aromatic rings. The minimum atomic E-state index is -4.45. The van der Waals surface area contributed by atoms with Crippen LogP contribution in [0.2, 0.25) is 5.02 Å². The number of methoxy groups -OCH3 is 1. The van der Waals surface area contributed by atoms with Crippen molar-refractivity contribution in [3.8, 4) is 0 Å². The van der Waals surface area contributed by atoms with E-state index < -0.39 is 11.7 Å². The molecule has 0 aliphatic heterocycles. The normalized spacial score (nSPS) is 11.2. The van der Waals surface area contributed by atoms with Gasteiger partial charge in [0.1, 0.15) is 0 Å². The molecule has 1 aromatic carbocycles. The van der Waals surface area contributed by atoms with Gasteiger partial charge in [0.15, 0.2) is 5.11 Å². The molecular weight excluding hydrogens is 301 g/mol. The van der Waals surface area contributed by atoms with Gasteiger partial charge >= 0.3 is 6.18 Å². The molecule has 1 rings (SSSR count). The van der Waals surface area contributed by atoms with Gasteiger partial charge in [0.25, 0.3) is 0 Å². The molecule has 0 aliphatic rings. The lowest BCUT2D eigenvalue weighted by Crippen LogP contribution is -2.31. The molecular formula is C11H12ClF3N2OS. The smallest absolute Gasteiger partial charge is 0.383 e. The molecule has 19 heavy (non-hydrogen) atoms. The molecule has 0 bridgehead atoms. The zero-order valence-corrected chi connectivity index (χ0v) is 11.5. The summed E-state index contributed by atoms with van der Waals surface area (Å²) in [5.74, 6) is 0. The van der Waals surface area contributed by atoms with Gasteiger partial charge in [-0.1, -0.05) is 11.6 Å². The van der Waals surface area contributed by atoms with Gasteiger partial charge in [-0.05, 0) is 30.4 Å². The Kier molecular flexibility index (Phi) is 5.84. The molecule has 0 aromatic heterocycles. The molecule has 0 heterocycles. The molecule has 0 radical (unpaired) electrons. The molecule has 0 atom stereocenters. The Morgan fingerprint density at radius 2 is 2.05 bits per heavy atom. The molecule has 0 spiro atoms. The number of alkyl halides is 3. The van der Waals surface area contributed by atoms with Gasteiger partial charge in [-0.25, -0.2) is 0 Å². The monoisotopic (exact) mass is 312 g/mol. The predicted octanol–water partition coefficient (Wildman–Crippen LogP) is 3.29. The molecule has 3 nitrogen and oxygen atoms in total. The fourth-order valence-electron chi connectivity index (χ4n) is 1.27. The van der Waals surface area contributed by atoms with Crippen LogP contribution in [0.3, 0.4) is 0 Å². The predicted molar refractivity (Wildman–Crippen MR) is 72.6 cm³/mol. The minimum absolute atomic E-state index is 0.0167. The third-order valence-electron chi connectivity index (χ3n) is 2.07. The van der Waals surface area contributed by atoms with Crippen LogP contribution in [0.4, 0.5) is 18.9 Å². The van der Waals surface area contributed by atoms with E-state index in [1.807, 2.05) is 0 Å². The van der Waals surface area contributed by atoms with Crippen molar-refractivity contribution in [3.05, 3.63) is 28.8 Å². The maximum Gasteiger partial charge on any atom is 0.416 e. The van der Waals surface area contributed by atoms with Crippen LogP contribution in [0.15, 0.2) is 18.2 Å². The lowest BCUT2D eigenvalue weighted by Gasteiger charge is -2.13. The van der Waals surface area contributed by atoms with Crippen LogP contribution in [0.5, 0.6) is 0 Å². The fourth-order valence-corrected chi connectivity index (χ4v) is 1.72. The summed E-state index contributed by atoms with van der Waals surface area (Å²) in [6.07, 6.45) is -4.45. The molecule has 0 saturated carbocycles. The maximum absolute atomic E-state index is 12.6. The number of nitrogens with one attached hydrogen (secondary N) is 2. The summed E-state index contributed by atoms with van der Waals surface area (Å²) < 4.78 is 42.6. The highest BCUT2D eigenvalue weighted by Gasteiger charge is 2.31. The Morgan fingerprint density at radius 3 is 2.63 bits per heavy atom. The van der Waals surface area contributed by atoms with Gasteiger partial charge in [-0.3, -0.25) is 0 Å². The van der Waals surface area contributed by atoms with Crippen LogP contribution in [0.25, 0.3) is 0 Å². The highest BCUT2D eigenvalue weighted by Crippen LogP contribution is 2.33. The molecule has 0 unspecified atom stereocenters. The second-order valence-electron chi connectivity index (χ2n) is 3.60. The Labute approximate surface area is 119 Å². The van der Waals surface area contributed by atoms with Crippen LogP contribution < -0.4 is 10.6 Å². The molecule has 106 valence electrons. The van der Waals surface area contributed by atoms with Gasteiger partial charge in [0.2, 0.25) is 0 Å². The van der Waals surface area contributed by atoms with E-state index in [9.17, 15) is 13.2 Å². The fraction of sp³-hybridized carbons (Fsp3) is 0.364. The van der Waals surface area contributed by atoms with Crippen LogP contribution in [0, 0.1) is 0 Å². The van der Waals surface area contributed by atoms with Crippen molar-refractivity contribution < 1.29 is 17.9 Å². The van der Waals surface area contributed by atoms with Crippen molar-refractivity contribution in [1.82, 2.24) is 5.32 Å². The van der Waals surface area contributed by atoms with Crippen molar-refractivity contribution in [2.45, 2.75) is 6.18 Å². The van der Waals surface area contributed by atoms with Crippen LogP contribution in [-0.4, -0.2) is 25.4 Å². The lowest BCUT2D eigenvalue weighted by atomic mass is 10.2. The first-order chi connectivity index (χ1) is 8.82. The summed E-state index contributed by atoms with van der Waals surface area (Å²) in [4.78, 5) is 0. The molecule has 0 aliphatic carbocycles. The Morgan fingerprint density at radius 1 is 1.37 bits per heavy atom. The third kappa shape index (κ3) is 5.63. The van der Waals surface area contributed by atoms with Crippen LogP contribution in [-0.2, 0) is 10.9 Å². The van der Waals surface area contributed by atoms with Crippen molar-refractivity contribution in [3.63, 3.8) is 0 Å². The zero-order valence-electron chi connectivity index (χ0n) is 9.97. The number of halogens is 4.